The predicted molar refractivity (Wildman–Crippen MR) is 96.6 cm³/mol. The number of nitrogens with one attached hydrogen (secondary N) is 1. The van der Waals surface area contributed by atoms with E-state index in [2.05, 4.69) is 10.1 Å². The number of carbonyl (C=O) groups is 2. The van der Waals surface area contributed by atoms with Gasteiger partial charge in [0.15, 0.2) is 11.6 Å². The number of nitrogens with zero attached hydrogens (tertiary/aromatic N) is 1. The van der Waals surface area contributed by atoms with E-state index >= 15 is 0 Å². The monoisotopic (exact) mass is 428 g/mol. The first-order chi connectivity index (χ1) is 14.1. The van der Waals surface area contributed by atoms with Crippen molar-refractivity contribution in [2.45, 2.75) is 18.7 Å². The SMILES string of the molecule is CN1CC[C@H](c2cccc(OC(F)(F)F)c2)[C@@H](C(=O)Nc2cccc(F)c2F)C1=O. The number of halogens is 5. The molecule has 2 atom stereocenters. The third-order valence-electron chi connectivity index (χ3n) is 4.83. The number of hydrogen-bond acceptors (Lipinski definition) is 3. The lowest BCUT2D eigenvalue weighted by atomic mass is 9.79. The Balaban J connectivity index is 1.91. The van der Waals surface area contributed by atoms with Gasteiger partial charge in [-0.05, 0) is 36.2 Å². The average molecular weight is 428 g/mol. The zero-order chi connectivity index (χ0) is 22.1. The molecule has 0 saturated carbocycles. The maximum Gasteiger partial charge on any atom is 0.573 e. The Kier molecular flexibility index (Phi) is 5.95. The van der Waals surface area contributed by atoms with E-state index in [0.717, 1.165) is 24.3 Å². The summed E-state index contributed by atoms with van der Waals surface area (Å²) < 4.78 is 68.9. The summed E-state index contributed by atoms with van der Waals surface area (Å²) >= 11 is 0. The second-order valence-corrected chi connectivity index (χ2v) is 6.84. The molecule has 5 nitrogen and oxygen atoms in total. The minimum Gasteiger partial charge on any atom is -0.406 e. The van der Waals surface area contributed by atoms with Gasteiger partial charge in [-0.15, -0.1) is 13.2 Å². The van der Waals surface area contributed by atoms with E-state index < -0.39 is 53.1 Å². The van der Waals surface area contributed by atoms with Gasteiger partial charge < -0.3 is 15.0 Å². The molecule has 0 radical (unpaired) electrons. The summed E-state index contributed by atoms with van der Waals surface area (Å²) in [6.45, 7) is 0.270. The van der Waals surface area contributed by atoms with Crippen LogP contribution in [-0.4, -0.2) is 36.7 Å². The third kappa shape index (κ3) is 4.69. The summed E-state index contributed by atoms with van der Waals surface area (Å²) in [5.41, 5.74) is -0.146. The van der Waals surface area contributed by atoms with Crippen LogP contribution in [0.25, 0.3) is 0 Å². The molecule has 1 aliphatic heterocycles. The van der Waals surface area contributed by atoms with Crippen molar-refractivity contribution in [3.63, 3.8) is 0 Å². The summed E-state index contributed by atoms with van der Waals surface area (Å²) in [5, 5.41) is 2.21. The van der Waals surface area contributed by atoms with Crippen LogP contribution in [0, 0.1) is 17.6 Å². The first-order valence-corrected chi connectivity index (χ1v) is 8.92. The predicted octanol–water partition coefficient (Wildman–Crippen LogP) is 4.06. The normalized spacial score (nSPS) is 19.5. The molecule has 1 heterocycles. The van der Waals surface area contributed by atoms with E-state index in [0.29, 0.717) is 0 Å². The lowest BCUT2D eigenvalue weighted by molar-refractivity contribution is -0.274. The summed E-state index contributed by atoms with van der Waals surface area (Å²) in [5.74, 6) is -6.52. The van der Waals surface area contributed by atoms with E-state index in [-0.39, 0.29) is 18.5 Å². The Labute approximate surface area is 168 Å². The highest BCUT2D eigenvalue weighted by atomic mass is 19.4. The van der Waals surface area contributed by atoms with Crippen LogP contribution in [0.15, 0.2) is 42.5 Å². The molecule has 1 saturated heterocycles. The fourth-order valence-electron chi connectivity index (χ4n) is 3.43. The van der Waals surface area contributed by atoms with E-state index in [4.69, 9.17) is 0 Å². The van der Waals surface area contributed by atoms with Crippen molar-refractivity contribution in [2.75, 3.05) is 18.9 Å². The molecule has 0 aromatic heterocycles. The number of anilines is 1. The van der Waals surface area contributed by atoms with Crippen LogP contribution < -0.4 is 10.1 Å². The number of benzene rings is 2. The lowest BCUT2D eigenvalue weighted by Crippen LogP contribution is -2.47. The number of likely N-dealkylation sites (tertiary alicyclic amines) is 1. The van der Waals surface area contributed by atoms with Crippen molar-refractivity contribution in [1.82, 2.24) is 4.90 Å². The van der Waals surface area contributed by atoms with Crippen molar-refractivity contribution in [3.8, 4) is 5.75 Å². The molecule has 2 aromatic carbocycles. The summed E-state index contributed by atoms with van der Waals surface area (Å²) in [7, 11) is 1.48. The molecule has 0 bridgehead atoms. The van der Waals surface area contributed by atoms with Gasteiger partial charge in [0.25, 0.3) is 0 Å². The van der Waals surface area contributed by atoms with E-state index in [1.165, 1.54) is 30.1 Å². The molecule has 1 aliphatic rings. The smallest absolute Gasteiger partial charge is 0.406 e. The van der Waals surface area contributed by atoms with Crippen molar-refractivity contribution in [2.24, 2.45) is 5.92 Å². The molecule has 2 amide bonds. The van der Waals surface area contributed by atoms with Crippen LogP contribution in [0.5, 0.6) is 5.75 Å². The maximum atomic E-state index is 13.9. The Morgan fingerprint density at radius 1 is 1.17 bits per heavy atom. The van der Waals surface area contributed by atoms with Crippen LogP contribution in [0.2, 0.25) is 0 Å². The van der Waals surface area contributed by atoms with E-state index in [1.807, 2.05) is 0 Å². The topological polar surface area (TPSA) is 58.6 Å². The van der Waals surface area contributed by atoms with Crippen LogP contribution in [0.3, 0.4) is 0 Å². The fraction of sp³-hybridized carbons (Fsp3) is 0.300. The number of carbonyl (C=O) groups excluding carboxylic acids is 2. The standard InChI is InChI=1S/C20H17F5N2O3/c1-27-9-8-13(11-4-2-5-12(10-11)30-20(23,24)25)16(19(27)29)18(28)26-15-7-3-6-14(21)17(15)22/h2-7,10,13,16H,8-9H2,1H3,(H,26,28)/t13-,16+/m1/s1. The van der Waals surface area contributed by atoms with E-state index in [9.17, 15) is 31.5 Å². The summed E-state index contributed by atoms with van der Waals surface area (Å²) in [4.78, 5) is 26.8. The molecule has 0 aliphatic carbocycles. The van der Waals surface area contributed by atoms with Crippen LogP contribution in [0.4, 0.5) is 27.6 Å². The van der Waals surface area contributed by atoms with Gasteiger partial charge in [0.05, 0.1) is 5.69 Å². The minimum absolute atomic E-state index is 0.270. The Morgan fingerprint density at radius 2 is 1.87 bits per heavy atom. The number of hydrogen-bond donors (Lipinski definition) is 1. The van der Waals surface area contributed by atoms with Crippen molar-refractivity contribution in [1.29, 1.82) is 0 Å². The maximum absolute atomic E-state index is 13.9. The lowest BCUT2D eigenvalue weighted by Gasteiger charge is -2.35. The van der Waals surface area contributed by atoms with Gasteiger partial charge in [0.2, 0.25) is 11.8 Å². The Bertz CT molecular complexity index is 964. The van der Waals surface area contributed by atoms with Gasteiger partial charge in [0, 0.05) is 19.5 Å². The largest absolute Gasteiger partial charge is 0.573 e. The van der Waals surface area contributed by atoms with Crippen molar-refractivity contribution in [3.05, 3.63) is 59.7 Å². The van der Waals surface area contributed by atoms with E-state index in [1.54, 1.807) is 0 Å². The zero-order valence-electron chi connectivity index (χ0n) is 15.7. The average Bonchev–Trinajstić information content (AvgIpc) is 2.66. The Morgan fingerprint density at radius 3 is 2.57 bits per heavy atom. The molecule has 0 unspecified atom stereocenters. The first kappa shape index (κ1) is 21.5. The molecular weight excluding hydrogens is 411 g/mol. The highest BCUT2D eigenvalue weighted by Crippen LogP contribution is 2.36. The first-order valence-electron chi connectivity index (χ1n) is 8.92. The van der Waals surface area contributed by atoms with Gasteiger partial charge in [0.1, 0.15) is 11.7 Å². The molecule has 3 rings (SSSR count). The van der Waals surface area contributed by atoms with Crippen LogP contribution in [0.1, 0.15) is 17.9 Å². The number of rotatable bonds is 4. The second kappa shape index (κ2) is 8.29. The second-order valence-electron chi connectivity index (χ2n) is 6.84. The van der Waals surface area contributed by atoms with Gasteiger partial charge in [-0.25, -0.2) is 8.78 Å². The highest BCUT2D eigenvalue weighted by Gasteiger charge is 2.41. The van der Waals surface area contributed by atoms with Crippen LogP contribution in [-0.2, 0) is 9.59 Å². The van der Waals surface area contributed by atoms with Gasteiger partial charge >= 0.3 is 6.36 Å². The summed E-state index contributed by atoms with van der Waals surface area (Å²) in [6.07, 6.45) is -4.62. The molecule has 1 fully saturated rings. The number of piperidine rings is 1. The molecule has 160 valence electrons. The fourth-order valence-corrected chi connectivity index (χ4v) is 3.43. The van der Waals surface area contributed by atoms with Crippen LogP contribution >= 0.6 is 0 Å². The molecule has 2 aromatic rings. The molecule has 10 heteroatoms. The Hall–Kier alpha value is -3.17. The van der Waals surface area contributed by atoms with Gasteiger partial charge in [-0.2, -0.15) is 0 Å². The van der Waals surface area contributed by atoms with Crippen molar-refractivity contribution >= 4 is 17.5 Å². The molecular formula is C20H17F5N2O3. The number of alkyl halides is 3. The molecule has 30 heavy (non-hydrogen) atoms. The third-order valence-corrected chi connectivity index (χ3v) is 4.83. The number of ether oxygens (including phenoxy) is 1. The zero-order valence-corrected chi connectivity index (χ0v) is 15.7. The van der Waals surface area contributed by atoms with Gasteiger partial charge in [-0.3, -0.25) is 9.59 Å². The minimum atomic E-state index is -4.90. The molecule has 1 N–H and O–H groups in total. The van der Waals surface area contributed by atoms with Crippen molar-refractivity contribution < 1.29 is 36.3 Å². The number of amides is 2. The van der Waals surface area contributed by atoms with Gasteiger partial charge in [-0.1, -0.05) is 18.2 Å². The highest BCUT2D eigenvalue weighted by molar-refractivity contribution is 6.07. The summed E-state index contributed by atoms with van der Waals surface area (Å²) in [6, 6.07) is 8.22. The molecule has 0 spiro atoms. The quantitative estimate of drug-likeness (QED) is 0.590.